The quantitative estimate of drug-likeness (QED) is 0.830. The van der Waals surface area contributed by atoms with Crippen molar-refractivity contribution < 1.29 is 5.11 Å². The van der Waals surface area contributed by atoms with E-state index < -0.39 is 0 Å². The molecule has 0 atom stereocenters. The van der Waals surface area contributed by atoms with Gasteiger partial charge in [0.15, 0.2) is 0 Å². The lowest BCUT2D eigenvalue weighted by Gasteiger charge is -2.04. The van der Waals surface area contributed by atoms with Crippen LogP contribution in [0, 0.1) is 0 Å². The molecule has 0 radical (unpaired) electrons. The second kappa shape index (κ2) is 4.91. The van der Waals surface area contributed by atoms with Gasteiger partial charge in [-0.1, -0.05) is 12.1 Å². The first-order chi connectivity index (χ1) is 7.38. The van der Waals surface area contributed by atoms with Crippen LogP contribution in [0.5, 0.6) is 0 Å². The van der Waals surface area contributed by atoms with Crippen LogP contribution >= 0.6 is 11.3 Å². The number of hydrogen-bond donors (Lipinski definition) is 2. The molecule has 0 amide bonds. The predicted octanol–water partition coefficient (Wildman–Crippen LogP) is 2.25. The SMILES string of the molecule is OCc1ccc(NCc2nccs2)cc1. The van der Waals surface area contributed by atoms with Crippen molar-refractivity contribution in [2.45, 2.75) is 13.2 Å². The summed E-state index contributed by atoms with van der Waals surface area (Å²) in [6.45, 7) is 0.836. The molecule has 1 heterocycles. The minimum atomic E-state index is 0.0900. The normalized spacial score (nSPS) is 10.2. The lowest BCUT2D eigenvalue weighted by atomic mass is 10.2. The van der Waals surface area contributed by atoms with Gasteiger partial charge < -0.3 is 10.4 Å². The van der Waals surface area contributed by atoms with Gasteiger partial charge in [-0.3, -0.25) is 0 Å². The molecule has 2 rings (SSSR count). The fourth-order valence-corrected chi connectivity index (χ4v) is 1.80. The topological polar surface area (TPSA) is 45.1 Å². The Morgan fingerprint density at radius 1 is 1.27 bits per heavy atom. The Bertz CT molecular complexity index is 397. The minimum Gasteiger partial charge on any atom is -0.392 e. The number of thiazole rings is 1. The van der Waals surface area contributed by atoms with Gasteiger partial charge in [0, 0.05) is 17.3 Å². The Hall–Kier alpha value is -1.39. The van der Waals surface area contributed by atoms with Gasteiger partial charge in [-0.2, -0.15) is 0 Å². The van der Waals surface area contributed by atoms with Crippen LogP contribution in [-0.4, -0.2) is 10.1 Å². The molecule has 2 N–H and O–H groups in total. The maximum atomic E-state index is 8.88. The molecule has 0 spiro atoms. The van der Waals surface area contributed by atoms with Crippen LogP contribution in [0.15, 0.2) is 35.8 Å². The number of benzene rings is 1. The average molecular weight is 220 g/mol. The van der Waals surface area contributed by atoms with E-state index in [0.717, 1.165) is 22.8 Å². The summed E-state index contributed by atoms with van der Waals surface area (Å²) in [6.07, 6.45) is 1.80. The Labute approximate surface area is 92.4 Å². The lowest BCUT2D eigenvalue weighted by Crippen LogP contribution is -1.98. The summed E-state index contributed by atoms with van der Waals surface area (Å²) < 4.78 is 0. The summed E-state index contributed by atoms with van der Waals surface area (Å²) >= 11 is 1.64. The Morgan fingerprint density at radius 3 is 2.67 bits per heavy atom. The number of nitrogens with one attached hydrogen (secondary N) is 1. The van der Waals surface area contributed by atoms with E-state index in [1.54, 1.807) is 17.5 Å². The number of aromatic nitrogens is 1. The fraction of sp³-hybridized carbons (Fsp3) is 0.182. The minimum absolute atomic E-state index is 0.0900. The molecule has 78 valence electrons. The fourth-order valence-electron chi connectivity index (χ4n) is 1.25. The molecule has 4 heteroatoms. The van der Waals surface area contributed by atoms with E-state index in [2.05, 4.69) is 10.3 Å². The van der Waals surface area contributed by atoms with Crippen molar-refractivity contribution in [3.05, 3.63) is 46.4 Å². The van der Waals surface area contributed by atoms with E-state index in [-0.39, 0.29) is 6.61 Å². The molecule has 0 aliphatic heterocycles. The largest absolute Gasteiger partial charge is 0.392 e. The summed E-state index contributed by atoms with van der Waals surface area (Å²) in [5.41, 5.74) is 1.97. The third-order valence-corrected chi connectivity index (χ3v) is 2.84. The summed E-state index contributed by atoms with van der Waals surface area (Å²) in [7, 11) is 0. The molecule has 1 aromatic heterocycles. The van der Waals surface area contributed by atoms with E-state index in [4.69, 9.17) is 5.11 Å². The maximum absolute atomic E-state index is 8.88. The molecule has 0 unspecified atom stereocenters. The van der Waals surface area contributed by atoms with Crippen LogP contribution in [0.4, 0.5) is 5.69 Å². The van der Waals surface area contributed by atoms with Crippen LogP contribution < -0.4 is 5.32 Å². The lowest BCUT2D eigenvalue weighted by molar-refractivity contribution is 0.282. The van der Waals surface area contributed by atoms with Crippen molar-refractivity contribution >= 4 is 17.0 Å². The average Bonchev–Trinajstić information content (AvgIpc) is 2.80. The highest BCUT2D eigenvalue weighted by Gasteiger charge is 1.96. The molecule has 0 aliphatic carbocycles. The number of rotatable bonds is 4. The van der Waals surface area contributed by atoms with Crippen LogP contribution in [0.1, 0.15) is 10.6 Å². The van der Waals surface area contributed by atoms with Crippen LogP contribution in [-0.2, 0) is 13.2 Å². The van der Waals surface area contributed by atoms with Crippen molar-refractivity contribution in [2.24, 2.45) is 0 Å². The third-order valence-electron chi connectivity index (χ3n) is 2.06. The molecular weight excluding hydrogens is 208 g/mol. The maximum Gasteiger partial charge on any atom is 0.112 e. The van der Waals surface area contributed by atoms with Crippen molar-refractivity contribution in [3.63, 3.8) is 0 Å². The van der Waals surface area contributed by atoms with Gasteiger partial charge in [0.2, 0.25) is 0 Å². The van der Waals surface area contributed by atoms with Gasteiger partial charge in [-0.05, 0) is 17.7 Å². The molecule has 2 aromatic rings. The molecule has 0 saturated carbocycles. The molecule has 3 nitrogen and oxygen atoms in total. The van der Waals surface area contributed by atoms with Gasteiger partial charge in [-0.25, -0.2) is 4.98 Å². The Kier molecular flexibility index (Phi) is 3.32. The first-order valence-electron chi connectivity index (χ1n) is 4.70. The van der Waals surface area contributed by atoms with Crippen molar-refractivity contribution in [1.82, 2.24) is 4.98 Å². The summed E-state index contributed by atoms with van der Waals surface area (Å²) in [5, 5.41) is 15.2. The molecular formula is C11H12N2OS. The standard InChI is InChI=1S/C11H12N2OS/c14-8-9-1-3-10(4-2-9)13-7-11-12-5-6-15-11/h1-6,13-14H,7-8H2. The highest BCUT2D eigenvalue weighted by Crippen LogP contribution is 2.12. The van der Waals surface area contributed by atoms with E-state index in [1.165, 1.54) is 0 Å². The van der Waals surface area contributed by atoms with Crippen LogP contribution in [0.2, 0.25) is 0 Å². The summed E-state index contributed by atoms with van der Waals surface area (Å²) in [6, 6.07) is 7.73. The van der Waals surface area contributed by atoms with Crippen LogP contribution in [0.3, 0.4) is 0 Å². The van der Waals surface area contributed by atoms with Gasteiger partial charge >= 0.3 is 0 Å². The number of aliphatic hydroxyl groups is 1. The Balaban J connectivity index is 1.93. The predicted molar refractivity (Wildman–Crippen MR) is 61.8 cm³/mol. The smallest absolute Gasteiger partial charge is 0.112 e. The van der Waals surface area contributed by atoms with Crippen molar-refractivity contribution in [1.29, 1.82) is 0 Å². The number of nitrogens with zero attached hydrogens (tertiary/aromatic N) is 1. The summed E-state index contributed by atoms with van der Waals surface area (Å²) in [4.78, 5) is 4.18. The first-order valence-corrected chi connectivity index (χ1v) is 5.58. The monoisotopic (exact) mass is 220 g/mol. The zero-order valence-corrected chi connectivity index (χ0v) is 9.00. The first kappa shape index (κ1) is 10.1. The van der Waals surface area contributed by atoms with E-state index in [1.807, 2.05) is 29.6 Å². The zero-order valence-electron chi connectivity index (χ0n) is 8.18. The number of anilines is 1. The second-order valence-corrected chi connectivity index (χ2v) is 4.11. The van der Waals surface area contributed by atoms with Gasteiger partial charge in [0.05, 0.1) is 13.2 Å². The summed E-state index contributed by atoms with van der Waals surface area (Å²) in [5.74, 6) is 0. The molecule has 0 bridgehead atoms. The van der Waals surface area contributed by atoms with E-state index >= 15 is 0 Å². The second-order valence-electron chi connectivity index (χ2n) is 3.13. The van der Waals surface area contributed by atoms with Gasteiger partial charge in [0.1, 0.15) is 5.01 Å². The van der Waals surface area contributed by atoms with Crippen LogP contribution in [0.25, 0.3) is 0 Å². The highest BCUT2D eigenvalue weighted by atomic mass is 32.1. The van der Waals surface area contributed by atoms with Crippen molar-refractivity contribution in [3.8, 4) is 0 Å². The van der Waals surface area contributed by atoms with Gasteiger partial charge in [-0.15, -0.1) is 11.3 Å². The molecule has 15 heavy (non-hydrogen) atoms. The molecule has 0 fully saturated rings. The van der Waals surface area contributed by atoms with Gasteiger partial charge in [0.25, 0.3) is 0 Å². The zero-order chi connectivity index (χ0) is 10.5. The van der Waals surface area contributed by atoms with E-state index in [9.17, 15) is 0 Å². The molecule has 1 aromatic carbocycles. The number of aliphatic hydroxyl groups excluding tert-OH is 1. The molecule has 0 aliphatic rings. The Morgan fingerprint density at radius 2 is 2.07 bits per heavy atom. The van der Waals surface area contributed by atoms with Crippen molar-refractivity contribution in [2.75, 3.05) is 5.32 Å². The number of hydrogen-bond acceptors (Lipinski definition) is 4. The highest BCUT2D eigenvalue weighted by molar-refractivity contribution is 7.09. The molecule has 0 saturated heterocycles. The third kappa shape index (κ3) is 2.78. The van der Waals surface area contributed by atoms with E-state index in [0.29, 0.717) is 0 Å².